The lowest BCUT2D eigenvalue weighted by atomic mass is 10.1. The zero-order valence-electron chi connectivity index (χ0n) is 15.4. The van der Waals surface area contributed by atoms with Gasteiger partial charge in [0.15, 0.2) is 6.54 Å². The Hall–Kier alpha value is -1.78. The molecular weight excluding hydrogens is 328 g/mol. The number of amides is 1. The molecule has 2 rings (SSSR count). The molecule has 2 atom stereocenters. The number of likely N-dealkylation sites (N-methyl/N-ethyl adjacent to an activating group) is 1. The summed E-state index contributed by atoms with van der Waals surface area (Å²) in [6.45, 7) is 3.44. The summed E-state index contributed by atoms with van der Waals surface area (Å²) in [5, 5.41) is 3.12. The Labute approximate surface area is 155 Å². The Bertz CT molecular complexity index is 643. The van der Waals surface area contributed by atoms with Crippen molar-refractivity contribution in [1.82, 2.24) is 5.32 Å². The monoisotopic (exact) mass is 357 g/mol. The summed E-state index contributed by atoms with van der Waals surface area (Å²) in [6, 6.07) is 19.2. The summed E-state index contributed by atoms with van der Waals surface area (Å²) in [5.74, 6) is 0.124. The fourth-order valence-electron chi connectivity index (χ4n) is 2.85. The molecule has 0 aliphatic rings. The predicted molar refractivity (Wildman–Crippen MR) is 106 cm³/mol. The molecule has 0 bridgehead atoms. The highest BCUT2D eigenvalue weighted by atomic mass is 32.2. The maximum atomic E-state index is 12.2. The number of aryl methyl sites for hydroxylation is 1. The standard InChI is InChI=1S/C21H28N2OS/c1-17(9-10-18-7-5-4-6-8-18)22-21(24)16-23(2)15-19-11-13-20(25-3)14-12-19/h4-8,11-14,17H,9-10,15-16H2,1-3H3,(H,22,24)/p+1/t17-/m1/s1. The van der Waals surface area contributed by atoms with Gasteiger partial charge in [-0.25, -0.2) is 0 Å². The van der Waals surface area contributed by atoms with Crippen molar-refractivity contribution in [2.24, 2.45) is 0 Å². The van der Waals surface area contributed by atoms with Gasteiger partial charge in [0, 0.05) is 16.5 Å². The van der Waals surface area contributed by atoms with Gasteiger partial charge in [0.25, 0.3) is 5.91 Å². The molecule has 0 aliphatic heterocycles. The van der Waals surface area contributed by atoms with Crippen LogP contribution in [0.4, 0.5) is 0 Å². The van der Waals surface area contributed by atoms with Crippen molar-refractivity contribution in [2.75, 3.05) is 19.8 Å². The molecule has 0 saturated carbocycles. The molecule has 25 heavy (non-hydrogen) atoms. The second-order valence-corrected chi connectivity index (χ2v) is 7.53. The van der Waals surface area contributed by atoms with E-state index in [1.165, 1.54) is 20.9 Å². The number of quaternary nitrogens is 1. The molecule has 0 heterocycles. The fraction of sp³-hybridized carbons (Fsp3) is 0.381. The minimum atomic E-state index is 0.124. The van der Waals surface area contributed by atoms with Crippen molar-refractivity contribution in [3.8, 4) is 0 Å². The van der Waals surface area contributed by atoms with Crippen LogP contribution in [-0.2, 0) is 17.8 Å². The van der Waals surface area contributed by atoms with E-state index in [0.717, 1.165) is 19.4 Å². The third-order valence-electron chi connectivity index (χ3n) is 4.24. The summed E-state index contributed by atoms with van der Waals surface area (Å²) in [6.07, 6.45) is 4.04. The molecule has 4 heteroatoms. The van der Waals surface area contributed by atoms with Crippen LogP contribution in [-0.4, -0.2) is 31.8 Å². The van der Waals surface area contributed by atoms with Crippen molar-refractivity contribution in [3.63, 3.8) is 0 Å². The zero-order valence-corrected chi connectivity index (χ0v) is 16.2. The first-order valence-corrected chi connectivity index (χ1v) is 10.1. The van der Waals surface area contributed by atoms with Gasteiger partial charge in [-0.1, -0.05) is 42.5 Å². The largest absolute Gasteiger partial charge is 0.349 e. The van der Waals surface area contributed by atoms with Crippen LogP contribution in [0.1, 0.15) is 24.5 Å². The highest BCUT2D eigenvalue weighted by Crippen LogP contribution is 2.14. The first kappa shape index (κ1) is 19.5. The van der Waals surface area contributed by atoms with E-state index in [1.807, 2.05) is 6.07 Å². The molecule has 2 aromatic carbocycles. The summed E-state index contributed by atoms with van der Waals surface area (Å²) < 4.78 is 0. The maximum Gasteiger partial charge on any atom is 0.275 e. The van der Waals surface area contributed by atoms with Crippen molar-refractivity contribution < 1.29 is 9.69 Å². The molecular formula is C21H29N2OS+. The van der Waals surface area contributed by atoms with E-state index < -0.39 is 0 Å². The molecule has 2 N–H and O–H groups in total. The quantitative estimate of drug-likeness (QED) is 0.676. The van der Waals surface area contributed by atoms with Crippen molar-refractivity contribution in [2.45, 2.75) is 37.2 Å². The Balaban J connectivity index is 1.70. The molecule has 1 amide bonds. The zero-order chi connectivity index (χ0) is 18.1. The number of nitrogens with one attached hydrogen (secondary N) is 2. The van der Waals surface area contributed by atoms with Gasteiger partial charge >= 0.3 is 0 Å². The Morgan fingerprint density at radius 2 is 1.76 bits per heavy atom. The van der Waals surface area contributed by atoms with E-state index >= 15 is 0 Å². The van der Waals surface area contributed by atoms with E-state index in [2.05, 4.69) is 74.1 Å². The molecule has 0 spiro atoms. The van der Waals surface area contributed by atoms with Gasteiger partial charge in [-0.05, 0) is 43.7 Å². The van der Waals surface area contributed by atoms with Crippen molar-refractivity contribution in [1.29, 1.82) is 0 Å². The van der Waals surface area contributed by atoms with Gasteiger partial charge in [0.2, 0.25) is 0 Å². The van der Waals surface area contributed by atoms with Crippen LogP contribution in [0.25, 0.3) is 0 Å². The molecule has 0 fully saturated rings. The smallest absolute Gasteiger partial charge is 0.275 e. The molecule has 0 radical (unpaired) electrons. The van der Waals surface area contributed by atoms with Crippen LogP contribution >= 0.6 is 11.8 Å². The molecule has 0 aliphatic carbocycles. The van der Waals surface area contributed by atoms with Crippen LogP contribution in [0.3, 0.4) is 0 Å². The lowest BCUT2D eigenvalue weighted by Gasteiger charge is -2.17. The van der Waals surface area contributed by atoms with Gasteiger partial charge in [-0.2, -0.15) is 0 Å². The molecule has 0 aromatic heterocycles. The maximum absolute atomic E-state index is 12.2. The molecule has 134 valence electrons. The minimum Gasteiger partial charge on any atom is -0.349 e. The Kier molecular flexibility index (Phi) is 8.02. The number of carbonyl (C=O) groups excluding carboxylic acids is 1. The molecule has 2 aromatic rings. The summed E-state index contributed by atoms with van der Waals surface area (Å²) in [4.78, 5) is 14.7. The van der Waals surface area contributed by atoms with E-state index in [9.17, 15) is 4.79 Å². The first-order chi connectivity index (χ1) is 12.1. The second kappa shape index (κ2) is 10.3. The highest BCUT2D eigenvalue weighted by Gasteiger charge is 2.13. The lowest BCUT2D eigenvalue weighted by Crippen LogP contribution is -3.09. The number of rotatable bonds is 9. The average molecular weight is 358 g/mol. The number of carbonyl (C=O) groups is 1. The number of benzene rings is 2. The van der Waals surface area contributed by atoms with Crippen molar-refractivity contribution in [3.05, 3.63) is 65.7 Å². The van der Waals surface area contributed by atoms with E-state index in [-0.39, 0.29) is 11.9 Å². The van der Waals surface area contributed by atoms with Gasteiger partial charge in [0.1, 0.15) is 6.54 Å². The van der Waals surface area contributed by atoms with Crippen LogP contribution in [0.2, 0.25) is 0 Å². The van der Waals surface area contributed by atoms with Gasteiger partial charge in [0.05, 0.1) is 7.05 Å². The predicted octanol–water partition coefficient (Wildman–Crippen LogP) is 2.56. The van der Waals surface area contributed by atoms with Crippen LogP contribution in [0.15, 0.2) is 59.5 Å². The van der Waals surface area contributed by atoms with Crippen LogP contribution in [0.5, 0.6) is 0 Å². The summed E-state index contributed by atoms with van der Waals surface area (Å²) in [7, 11) is 2.07. The van der Waals surface area contributed by atoms with Gasteiger partial charge < -0.3 is 10.2 Å². The molecule has 1 unspecified atom stereocenters. The number of thioether (sulfide) groups is 1. The van der Waals surface area contributed by atoms with Crippen molar-refractivity contribution >= 4 is 17.7 Å². The van der Waals surface area contributed by atoms with Gasteiger partial charge in [-0.3, -0.25) is 4.79 Å². The van der Waals surface area contributed by atoms with E-state index in [1.54, 1.807) is 11.8 Å². The van der Waals surface area contributed by atoms with Gasteiger partial charge in [-0.15, -0.1) is 11.8 Å². The van der Waals surface area contributed by atoms with E-state index in [4.69, 9.17) is 0 Å². The highest BCUT2D eigenvalue weighted by molar-refractivity contribution is 7.98. The number of hydrogen-bond acceptors (Lipinski definition) is 2. The average Bonchev–Trinajstić information content (AvgIpc) is 2.61. The molecule has 0 saturated heterocycles. The third kappa shape index (κ3) is 7.32. The second-order valence-electron chi connectivity index (χ2n) is 6.65. The Morgan fingerprint density at radius 3 is 2.40 bits per heavy atom. The minimum absolute atomic E-state index is 0.124. The Morgan fingerprint density at radius 1 is 1.08 bits per heavy atom. The summed E-state index contributed by atoms with van der Waals surface area (Å²) >= 11 is 1.75. The fourth-order valence-corrected chi connectivity index (χ4v) is 3.26. The number of hydrogen-bond donors (Lipinski definition) is 2. The first-order valence-electron chi connectivity index (χ1n) is 8.84. The third-order valence-corrected chi connectivity index (χ3v) is 4.99. The summed E-state index contributed by atoms with van der Waals surface area (Å²) in [5.41, 5.74) is 2.58. The van der Waals surface area contributed by atoms with E-state index in [0.29, 0.717) is 6.54 Å². The lowest BCUT2D eigenvalue weighted by molar-refractivity contribution is -0.885. The van der Waals surface area contributed by atoms with Crippen LogP contribution < -0.4 is 10.2 Å². The molecule has 3 nitrogen and oxygen atoms in total. The SMILES string of the molecule is CSc1ccc(C[NH+](C)CC(=O)N[C@H](C)CCc2ccccc2)cc1. The topological polar surface area (TPSA) is 33.5 Å². The van der Waals surface area contributed by atoms with Crippen LogP contribution in [0, 0.1) is 0 Å². The normalized spacial score (nSPS) is 13.2.